The Balaban J connectivity index is 1.12. The Labute approximate surface area is 242 Å². The van der Waals surface area contributed by atoms with Gasteiger partial charge < -0.3 is 19.1 Å². The molecule has 1 N–H and O–H groups in total. The zero-order chi connectivity index (χ0) is 29.2. The van der Waals surface area contributed by atoms with E-state index in [0.29, 0.717) is 24.5 Å². The van der Waals surface area contributed by atoms with Gasteiger partial charge in [-0.2, -0.15) is 5.26 Å². The van der Waals surface area contributed by atoms with Gasteiger partial charge >= 0.3 is 5.97 Å². The Kier molecular flexibility index (Phi) is 7.91. The van der Waals surface area contributed by atoms with E-state index in [9.17, 15) is 14.3 Å². The van der Waals surface area contributed by atoms with Gasteiger partial charge in [-0.15, -0.1) is 5.10 Å². The van der Waals surface area contributed by atoms with E-state index >= 15 is 0 Å². The Morgan fingerprint density at radius 2 is 2.00 bits per heavy atom. The van der Waals surface area contributed by atoms with Gasteiger partial charge in [0.05, 0.1) is 53.5 Å². The second-order valence-electron chi connectivity index (χ2n) is 10.9. The topological polar surface area (TPSA) is 118 Å². The van der Waals surface area contributed by atoms with Crippen molar-refractivity contribution in [2.75, 3.05) is 19.7 Å². The predicted octanol–water partition coefficient (Wildman–Crippen LogP) is 4.71. The average molecular weight is 573 g/mol. The molecule has 2 aromatic heterocycles. The molecule has 6 rings (SSSR count). The van der Waals surface area contributed by atoms with Gasteiger partial charge in [0, 0.05) is 37.0 Å². The van der Waals surface area contributed by atoms with E-state index in [1.807, 2.05) is 23.9 Å². The monoisotopic (exact) mass is 572 g/mol. The van der Waals surface area contributed by atoms with Crippen LogP contribution in [0.1, 0.15) is 65.1 Å². The van der Waals surface area contributed by atoms with Gasteiger partial charge in [0.15, 0.2) is 0 Å². The molecule has 218 valence electrons. The summed E-state index contributed by atoms with van der Waals surface area (Å²) in [7, 11) is 0. The lowest BCUT2D eigenvalue weighted by Crippen LogP contribution is -2.36. The number of rotatable bonds is 10. The number of carboxylic acid groups (broad SMARTS) is 1. The molecule has 0 radical (unpaired) electrons. The first kappa shape index (κ1) is 27.9. The fourth-order valence-corrected chi connectivity index (χ4v) is 5.65. The van der Waals surface area contributed by atoms with Crippen LogP contribution in [0, 0.1) is 17.1 Å². The van der Waals surface area contributed by atoms with Gasteiger partial charge in [-0.1, -0.05) is 13.0 Å². The van der Waals surface area contributed by atoms with E-state index in [1.54, 1.807) is 30.3 Å². The maximum Gasteiger partial charge on any atom is 0.335 e. The van der Waals surface area contributed by atoms with Gasteiger partial charge in [-0.25, -0.2) is 14.2 Å². The lowest BCUT2D eigenvalue weighted by Gasteiger charge is -2.32. The van der Waals surface area contributed by atoms with Crippen molar-refractivity contribution >= 4 is 17.0 Å². The summed E-state index contributed by atoms with van der Waals surface area (Å²) in [6.07, 6.45) is 5.70. The standard InChI is InChI=1S/C31H33FN6O4/c1-2-21-16-38(35-30(21)42-19-23-4-3-20(15-33)13-26(23)32)24-7-10-36(11-8-24)18-29-34-27-6-5-22(31(39)40)14-28(27)37(29)17-25-9-12-41-25/h3-6,13-14,16,24-25H,2,7-12,17-19H2,1H3,(H,39,40). The number of likely N-dealkylation sites (tertiary alicyclic amines) is 1. The smallest absolute Gasteiger partial charge is 0.335 e. The fraction of sp³-hybridized carbons (Fsp3) is 0.419. The number of aromatic nitrogens is 4. The highest BCUT2D eigenvalue weighted by molar-refractivity contribution is 5.92. The van der Waals surface area contributed by atoms with Crippen LogP contribution in [0.3, 0.4) is 0 Å². The molecule has 2 aliphatic heterocycles. The van der Waals surface area contributed by atoms with E-state index in [-0.39, 0.29) is 29.9 Å². The molecule has 2 saturated heterocycles. The molecule has 0 saturated carbocycles. The van der Waals surface area contributed by atoms with Crippen molar-refractivity contribution in [2.45, 2.75) is 64.4 Å². The molecule has 0 spiro atoms. The highest BCUT2D eigenvalue weighted by Crippen LogP contribution is 2.29. The number of aromatic carboxylic acids is 1. The molecule has 4 aromatic rings. The minimum absolute atomic E-state index is 0.0425. The van der Waals surface area contributed by atoms with Gasteiger partial charge in [-0.3, -0.25) is 9.58 Å². The maximum absolute atomic E-state index is 14.3. The lowest BCUT2D eigenvalue weighted by molar-refractivity contribution is -0.0592. The summed E-state index contributed by atoms with van der Waals surface area (Å²) in [6.45, 7) is 5.89. The SMILES string of the molecule is CCc1cn(C2CCN(Cc3nc4ccc(C(=O)O)cc4n3CC3CCO3)CC2)nc1OCc1ccc(C#N)cc1F. The van der Waals surface area contributed by atoms with Crippen molar-refractivity contribution in [3.05, 3.63) is 76.5 Å². The first-order valence-corrected chi connectivity index (χ1v) is 14.4. The van der Waals surface area contributed by atoms with Gasteiger partial charge in [0.25, 0.3) is 0 Å². The number of nitrogens with zero attached hydrogens (tertiary/aromatic N) is 6. The first-order valence-electron chi connectivity index (χ1n) is 14.4. The van der Waals surface area contributed by atoms with E-state index in [1.165, 1.54) is 6.07 Å². The summed E-state index contributed by atoms with van der Waals surface area (Å²) < 4.78 is 30.1. The zero-order valence-electron chi connectivity index (χ0n) is 23.5. The number of ether oxygens (including phenoxy) is 2. The third-order valence-corrected chi connectivity index (χ3v) is 8.25. The lowest BCUT2D eigenvalue weighted by atomic mass is 10.1. The minimum Gasteiger partial charge on any atom is -0.478 e. The zero-order valence-corrected chi connectivity index (χ0v) is 23.5. The minimum atomic E-state index is -0.951. The number of carboxylic acids is 1. The molecule has 1 unspecified atom stereocenters. The Morgan fingerprint density at radius 1 is 1.19 bits per heavy atom. The molecule has 2 aliphatic rings. The molecular weight excluding hydrogens is 539 g/mol. The Hall–Kier alpha value is -4.27. The summed E-state index contributed by atoms with van der Waals surface area (Å²) in [4.78, 5) is 18.9. The van der Waals surface area contributed by atoms with E-state index in [0.717, 1.165) is 67.8 Å². The largest absolute Gasteiger partial charge is 0.478 e. The summed E-state index contributed by atoms with van der Waals surface area (Å²) >= 11 is 0. The molecule has 42 heavy (non-hydrogen) atoms. The van der Waals surface area contributed by atoms with Crippen LogP contribution in [0.2, 0.25) is 0 Å². The Bertz CT molecular complexity index is 1650. The number of benzene rings is 2. The van der Waals surface area contributed by atoms with Crippen LogP contribution in [0.5, 0.6) is 5.88 Å². The van der Waals surface area contributed by atoms with Crippen molar-refractivity contribution in [1.82, 2.24) is 24.2 Å². The third-order valence-electron chi connectivity index (χ3n) is 8.25. The molecular formula is C31H33FN6O4. The van der Waals surface area contributed by atoms with Crippen LogP contribution in [-0.4, -0.2) is 61.1 Å². The molecule has 2 fully saturated rings. The highest BCUT2D eigenvalue weighted by atomic mass is 19.1. The number of hydrogen-bond acceptors (Lipinski definition) is 7. The molecule has 11 heteroatoms. The fourth-order valence-electron chi connectivity index (χ4n) is 5.65. The number of imidazole rings is 1. The van der Waals surface area contributed by atoms with Crippen LogP contribution in [0.15, 0.2) is 42.6 Å². The Morgan fingerprint density at radius 3 is 2.67 bits per heavy atom. The average Bonchev–Trinajstić information content (AvgIpc) is 3.54. The molecule has 4 heterocycles. The summed E-state index contributed by atoms with van der Waals surface area (Å²) in [5.74, 6) is 0.0129. The van der Waals surface area contributed by atoms with Crippen LogP contribution < -0.4 is 4.74 Å². The van der Waals surface area contributed by atoms with E-state index < -0.39 is 11.8 Å². The predicted molar refractivity (Wildman–Crippen MR) is 152 cm³/mol. The third kappa shape index (κ3) is 5.73. The number of halogens is 1. The van der Waals surface area contributed by atoms with Crippen molar-refractivity contribution < 1.29 is 23.8 Å². The summed E-state index contributed by atoms with van der Waals surface area (Å²) in [5.41, 5.74) is 3.50. The highest BCUT2D eigenvalue weighted by Gasteiger charge is 2.26. The normalized spacial score (nSPS) is 17.7. The van der Waals surface area contributed by atoms with Gasteiger partial charge in [-0.05, 0) is 56.0 Å². The number of hydrogen-bond donors (Lipinski definition) is 1. The number of fused-ring (bicyclic) bond motifs is 1. The summed E-state index contributed by atoms with van der Waals surface area (Å²) in [5, 5.41) is 23.2. The number of piperidine rings is 1. The van der Waals surface area contributed by atoms with Crippen LogP contribution in [-0.2, 0) is 30.9 Å². The molecule has 0 bridgehead atoms. The molecule has 0 amide bonds. The summed E-state index contributed by atoms with van der Waals surface area (Å²) in [6, 6.07) is 11.6. The molecule has 0 aliphatic carbocycles. The molecule has 2 aromatic carbocycles. The molecule has 1 atom stereocenters. The van der Waals surface area contributed by atoms with E-state index in [2.05, 4.69) is 9.47 Å². The first-order chi connectivity index (χ1) is 20.4. The van der Waals surface area contributed by atoms with Gasteiger partial charge in [0.1, 0.15) is 18.2 Å². The maximum atomic E-state index is 14.3. The number of nitriles is 1. The van der Waals surface area contributed by atoms with Gasteiger partial charge in [0.2, 0.25) is 5.88 Å². The second-order valence-corrected chi connectivity index (χ2v) is 10.9. The number of carbonyl (C=O) groups is 1. The molecule has 10 nitrogen and oxygen atoms in total. The second kappa shape index (κ2) is 11.9. The van der Waals surface area contributed by atoms with E-state index in [4.69, 9.17) is 24.8 Å². The van der Waals surface area contributed by atoms with Crippen molar-refractivity contribution in [2.24, 2.45) is 0 Å². The van der Waals surface area contributed by atoms with Crippen LogP contribution in [0.4, 0.5) is 4.39 Å². The van der Waals surface area contributed by atoms with Crippen LogP contribution in [0.25, 0.3) is 11.0 Å². The quantitative estimate of drug-likeness (QED) is 0.290. The van der Waals surface area contributed by atoms with Crippen molar-refractivity contribution in [3.8, 4) is 11.9 Å². The van der Waals surface area contributed by atoms with Crippen molar-refractivity contribution in [1.29, 1.82) is 5.26 Å². The number of aryl methyl sites for hydroxylation is 1. The van der Waals surface area contributed by atoms with Crippen LogP contribution >= 0.6 is 0 Å². The van der Waals surface area contributed by atoms with Crippen molar-refractivity contribution in [3.63, 3.8) is 0 Å².